The Morgan fingerprint density at radius 1 is 1.16 bits per heavy atom. The predicted octanol–water partition coefficient (Wildman–Crippen LogP) is 3.62. The highest BCUT2D eigenvalue weighted by molar-refractivity contribution is 6.03. The largest absolute Gasteiger partial charge is 0.292 e. The molecule has 0 saturated carbocycles. The number of nitrogens with zero attached hydrogens (tertiary/aromatic N) is 1. The molecule has 2 nitrogen and oxygen atoms in total. The Balaban J connectivity index is 2.43. The van der Waals surface area contributed by atoms with Crippen molar-refractivity contribution in [1.29, 1.82) is 5.26 Å². The average Bonchev–Trinajstić information content (AvgIpc) is 2.44. The maximum Gasteiger partial charge on any atom is 0.187 e. The van der Waals surface area contributed by atoms with Gasteiger partial charge in [-0.1, -0.05) is 42.5 Å². The summed E-state index contributed by atoms with van der Waals surface area (Å²) in [6.07, 6.45) is 0. The summed E-state index contributed by atoms with van der Waals surface area (Å²) in [6, 6.07) is 15.3. The standard InChI is InChI=1S/C16H12FNO/c1-11-6-5-9-13(15(11)17)16(19)14(10-18)12-7-3-2-4-8-12/h2-9,14H,1H3. The minimum Gasteiger partial charge on any atom is -0.292 e. The summed E-state index contributed by atoms with van der Waals surface area (Å²) in [5.74, 6) is -2.03. The zero-order valence-corrected chi connectivity index (χ0v) is 10.4. The van der Waals surface area contributed by atoms with E-state index in [0.29, 0.717) is 11.1 Å². The van der Waals surface area contributed by atoms with Gasteiger partial charge in [-0.25, -0.2) is 4.39 Å². The topological polar surface area (TPSA) is 40.9 Å². The molecule has 0 heterocycles. The van der Waals surface area contributed by atoms with Crippen molar-refractivity contribution in [2.45, 2.75) is 12.8 Å². The third-order valence-corrected chi connectivity index (χ3v) is 2.98. The van der Waals surface area contributed by atoms with Gasteiger partial charge in [0.05, 0.1) is 11.6 Å². The van der Waals surface area contributed by atoms with E-state index in [-0.39, 0.29) is 5.56 Å². The lowest BCUT2D eigenvalue weighted by Crippen LogP contribution is -2.13. The molecule has 1 atom stereocenters. The Morgan fingerprint density at radius 2 is 1.84 bits per heavy atom. The number of benzene rings is 2. The van der Waals surface area contributed by atoms with Crippen LogP contribution >= 0.6 is 0 Å². The van der Waals surface area contributed by atoms with Crippen molar-refractivity contribution in [2.75, 3.05) is 0 Å². The minimum atomic E-state index is -0.975. The van der Waals surface area contributed by atoms with Crippen LogP contribution in [-0.4, -0.2) is 5.78 Å². The monoisotopic (exact) mass is 253 g/mol. The van der Waals surface area contributed by atoms with Crippen LogP contribution in [0.1, 0.15) is 27.4 Å². The van der Waals surface area contributed by atoms with Crippen LogP contribution in [0.25, 0.3) is 0 Å². The number of halogens is 1. The molecule has 0 fully saturated rings. The fourth-order valence-corrected chi connectivity index (χ4v) is 1.92. The van der Waals surface area contributed by atoms with Gasteiger partial charge in [-0.15, -0.1) is 0 Å². The Hall–Kier alpha value is -2.47. The summed E-state index contributed by atoms with van der Waals surface area (Å²) < 4.78 is 13.9. The van der Waals surface area contributed by atoms with Crippen molar-refractivity contribution >= 4 is 5.78 Å². The van der Waals surface area contributed by atoms with E-state index in [1.165, 1.54) is 6.07 Å². The van der Waals surface area contributed by atoms with Crippen LogP contribution in [0.2, 0.25) is 0 Å². The van der Waals surface area contributed by atoms with E-state index in [1.807, 2.05) is 6.07 Å². The van der Waals surface area contributed by atoms with Crippen molar-refractivity contribution in [3.05, 3.63) is 71.0 Å². The van der Waals surface area contributed by atoms with Crippen molar-refractivity contribution in [1.82, 2.24) is 0 Å². The first-order valence-electron chi connectivity index (χ1n) is 5.89. The van der Waals surface area contributed by atoms with Crippen LogP contribution < -0.4 is 0 Å². The molecule has 1 unspecified atom stereocenters. The third-order valence-electron chi connectivity index (χ3n) is 2.98. The Bertz CT molecular complexity index is 644. The van der Waals surface area contributed by atoms with E-state index < -0.39 is 17.5 Å². The lowest BCUT2D eigenvalue weighted by Gasteiger charge is -2.10. The lowest BCUT2D eigenvalue weighted by molar-refractivity contribution is 0.0975. The van der Waals surface area contributed by atoms with Crippen molar-refractivity contribution < 1.29 is 9.18 Å². The van der Waals surface area contributed by atoms with E-state index in [4.69, 9.17) is 0 Å². The van der Waals surface area contributed by atoms with Gasteiger partial charge in [0.25, 0.3) is 0 Å². The fourth-order valence-electron chi connectivity index (χ4n) is 1.92. The van der Waals surface area contributed by atoms with E-state index in [2.05, 4.69) is 0 Å². The highest BCUT2D eigenvalue weighted by atomic mass is 19.1. The van der Waals surface area contributed by atoms with Crippen molar-refractivity contribution in [2.24, 2.45) is 0 Å². The lowest BCUT2D eigenvalue weighted by atomic mass is 9.91. The maximum atomic E-state index is 13.9. The molecule has 0 amide bonds. The summed E-state index contributed by atoms with van der Waals surface area (Å²) in [7, 11) is 0. The van der Waals surface area contributed by atoms with Crippen LogP contribution in [0.5, 0.6) is 0 Å². The first kappa shape index (κ1) is 13.0. The van der Waals surface area contributed by atoms with Crippen LogP contribution in [0, 0.1) is 24.1 Å². The molecule has 0 N–H and O–H groups in total. The highest BCUT2D eigenvalue weighted by Crippen LogP contribution is 2.23. The van der Waals surface area contributed by atoms with Gasteiger partial charge in [0.2, 0.25) is 0 Å². The number of ketones is 1. The SMILES string of the molecule is Cc1cccc(C(=O)C(C#N)c2ccccc2)c1F. The van der Waals surface area contributed by atoms with Gasteiger partial charge in [-0.3, -0.25) is 4.79 Å². The molecular formula is C16H12FNO. The molecule has 0 aliphatic heterocycles. The number of Topliss-reactive ketones (excluding diaryl/α,β-unsaturated/α-hetero) is 1. The third kappa shape index (κ3) is 2.53. The number of aryl methyl sites for hydroxylation is 1. The molecule has 0 aliphatic rings. The van der Waals surface area contributed by atoms with Gasteiger partial charge in [0.1, 0.15) is 11.7 Å². The van der Waals surface area contributed by atoms with E-state index >= 15 is 0 Å². The minimum absolute atomic E-state index is 0.0320. The van der Waals surface area contributed by atoms with Crippen molar-refractivity contribution in [3.8, 4) is 6.07 Å². The number of rotatable bonds is 3. The number of nitriles is 1. The molecule has 0 spiro atoms. The Labute approximate surface area is 111 Å². The summed E-state index contributed by atoms with van der Waals surface area (Å²) in [5.41, 5.74) is 0.946. The fraction of sp³-hybridized carbons (Fsp3) is 0.125. The van der Waals surface area contributed by atoms with Gasteiger partial charge >= 0.3 is 0 Å². The van der Waals surface area contributed by atoms with Crippen LogP contribution in [0.3, 0.4) is 0 Å². The number of hydrogen-bond donors (Lipinski definition) is 0. The number of carbonyl (C=O) groups excluding carboxylic acids is 1. The Kier molecular flexibility index (Phi) is 3.72. The second kappa shape index (κ2) is 5.45. The van der Waals surface area contributed by atoms with E-state index in [1.54, 1.807) is 49.4 Å². The van der Waals surface area contributed by atoms with Gasteiger partial charge in [0.15, 0.2) is 5.78 Å². The first-order valence-corrected chi connectivity index (χ1v) is 5.89. The molecule has 0 aromatic heterocycles. The summed E-state index contributed by atoms with van der Waals surface area (Å²) in [4.78, 5) is 12.3. The normalized spacial score (nSPS) is 11.6. The van der Waals surface area contributed by atoms with Crippen LogP contribution in [0.15, 0.2) is 48.5 Å². The van der Waals surface area contributed by atoms with Crippen LogP contribution in [-0.2, 0) is 0 Å². The van der Waals surface area contributed by atoms with E-state index in [9.17, 15) is 14.4 Å². The van der Waals surface area contributed by atoms with Gasteiger partial charge in [-0.05, 0) is 24.1 Å². The molecule has 2 aromatic carbocycles. The van der Waals surface area contributed by atoms with Crippen molar-refractivity contribution in [3.63, 3.8) is 0 Å². The highest BCUT2D eigenvalue weighted by Gasteiger charge is 2.24. The first-order chi connectivity index (χ1) is 9.15. The molecule has 19 heavy (non-hydrogen) atoms. The summed E-state index contributed by atoms with van der Waals surface area (Å²) in [5, 5.41) is 9.18. The smallest absolute Gasteiger partial charge is 0.187 e. The molecule has 0 aliphatic carbocycles. The summed E-state index contributed by atoms with van der Waals surface area (Å²) >= 11 is 0. The zero-order chi connectivity index (χ0) is 13.8. The van der Waals surface area contributed by atoms with Crippen LogP contribution in [0.4, 0.5) is 4.39 Å². The zero-order valence-electron chi connectivity index (χ0n) is 10.4. The molecule has 2 aromatic rings. The quantitative estimate of drug-likeness (QED) is 0.784. The molecular weight excluding hydrogens is 241 g/mol. The molecule has 3 heteroatoms. The molecule has 94 valence electrons. The summed E-state index contributed by atoms with van der Waals surface area (Å²) in [6.45, 7) is 1.59. The molecule has 0 radical (unpaired) electrons. The number of hydrogen-bond acceptors (Lipinski definition) is 2. The molecule has 0 saturated heterocycles. The predicted molar refractivity (Wildman–Crippen MR) is 70.3 cm³/mol. The van der Waals surface area contributed by atoms with Gasteiger partial charge in [0, 0.05) is 0 Å². The second-order valence-electron chi connectivity index (χ2n) is 4.27. The number of carbonyl (C=O) groups is 1. The average molecular weight is 253 g/mol. The molecule has 2 rings (SSSR count). The second-order valence-corrected chi connectivity index (χ2v) is 4.27. The maximum absolute atomic E-state index is 13.9. The molecule has 0 bridgehead atoms. The van der Waals surface area contributed by atoms with Gasteiger partial charge < -0.3 is 0 Å². The Morgan fingerprint density at radius 3 is 2.47 bits per heavy atom. The van der Waals surface area contributed by atoms with E-state index in [0.717, 1.165) is 0 Å². The van der Waals surface area contributed by atoms with Gasteiger partial charge in [-0.2, -0.15) is 5.26 Å².